The number of ketones is 1. The number of allylic oxidation sites excluding steroid dienone is 1. The van der Waals surface area contributed by atoms with E-state index in [-0.39, 0.29) is 11.3 Å². The van der Waals surface area contributed by atoms with Gasteiger partial charge in [-0.2, -0.15) is 0 Å². The van der Waals surface area contributed by atoms with Crippen molar-refractivity contribution < 1.29 is 29.0 Å². The summed E-state index contributed by atoms with van der Waals surface area (Å²) in [6, 6.07) is 0. The van der Waals surface area contributed by atoms with Crippen LogP contribution in [0.4, 0.5) is 0 Å². The number of carboxylic acids is 1. The van der Waals surface area contributed by atoms with Gasteiger partial charge in [-0.15, -0.1) is 0 Å². The van der Waals surface area contributed by atoms with E-state index in [1.165, 1.54) is 57.8 Å². The van der Waals surface area contributed by atoms with Crippen molar-refractivity contribution in [1.29, 1.82) is 0 Å². The molecule has 0 aromatic carbocycles. The molecule has 2 rings (SSSR count). The van der Waals surface area contributed by atoms with E-state index in [9.17, 15) is 14.4 Å². The first-order chi connectivity index (χ1) is 15.3. The second kappa shape index (κ2) is 12.8. The van der Waals surface area contributed by atoms with E-state index >= 15 is 0 Å². The number of unbranched alkanes of at least 4 members (excludes halogenated alkanes) is 7. The van der Waals surface area contributed by atoms with Gasteiger partial charge in [0.05, 0.1) is 6.42 Å². The standard InChI is InChI=1S/C26H40O6/c1-4-5-6-7-8-9-10-11-13-19(2)14-12-16-26(3)17-15-20(32-26)23-24(29)21(18-22(27)28)31-25(23)30/h15,17,19,21H,4-14,16,18H2,1-3H3,(H,27,28)/b23-20-/t19-,21-,26+/m0/s1. The van der Waals surface area contributed by atoms with Gasteiger partial charge in [-0.25, -0.2) is 4.79 Å². The van der Waals surface area contributed by atoms with Gasteiger partial charge in [0.15, 0.2) is 6.10 Å². The molecule has 32 heavy (non-hydrogen) atoms. The minimum atomic E-state index is -1.26. The van der Waals surface area contributed by atoms with Crippen LogP contribution in [0.25, 0.3) is 0 Å². The predicted octanol–water partition coefficient (Wildman–Crippen LogP) is 5.89. The van der Waals surface area contributed by atoms with E-state index in [0.29, 0.717) is 5.92 Å². The minimum absolute atomic E-state index is 0.167. The number of carboxylic acid groups (broad SMARTS) is 1. The molecule has 6 heteroatoms. The number of ether oxygens (including phenoxy) is 2. The summed E-state index contributed by atoms with van der Waals surface area (Å²) in [5, 5.41) is 8.87. The number of cyclic esters (lactones) is 1. The molecule has 1 N–H and O–H groups in total. The smallest absolute Gasteiger partial charge is 0.346 e. The second-order valence-electron chi connectivity index (χ2n) is 9.60. The first kappa shape index (κ1) is 26.1. The van der Waals surface area contributed by atoms with Gasteiger partial charge < -0.3 is 14.6 Å². The Bertz CT molecular complexity index is 722. The topological polar surface area (TPSA) is 89.9 Å². The maximum atomic E-state index is 12.4. The molecule has 2 heterocycles. The Morgan fingerprint density at radius 2 is 1.69 bits per heavy atom. The van der Waals surface area contributed by atoms with Crippen molar-refractivity contribution in [1.82, 2.24) is 0 Å². The van der Waals surface area contributed by atoms with Crippen LogP contribution in [-0.4, -0.2) is 34.5 Å². The number of aliphatic carboxylic acids is 1. The van der Waals surface area contributed by atoms with Crippen molar-refractivity contribution in [3.63, 3.8) is 0 Å². The Hall–Kier alpha value is -2.11. The van der Waals surface area contributed by atoms with E-state index < -0.39 is 35.8 Å². The minimum Gasteiger partial charge on any atom is -0.482 e. The number of rotatable bonds is 15. The highest BCUT2D eigenvalue weighted by Crippen LogP contribution is 2.35. The normalized spacial score (nSPS) is 25.8. The van der Waals surface area contributed by atoms with Crippen LogP contribution in [0, 0.1) is 5.92 Å². The summed E-state index contributed by atoms with van der Waals surface area (Å²) in [6.45, 7) is 6.50. The number of carbonyl (C=O) groups is 3. The zero-order chi connectivity index (χ0) is 23.6. The van der Waals surface area contributed by atoms with Crippen molar-refractivity contribution in [3.05, 3.63) is 23.5 Å². The number of hydrogen-bond donors (Lipinski definition) is 1. The summed E-state index contributed by atoms with van der Waals surface area (Å²) in [5.41, 5.74) is -0.731. The molecule has 0 amide bonds. The van der Waals surface area contributed by atoms with Crippen LogP contribution in [0.5, 0.6) is 0 Å². The molecule has 0 aromatic rings. The fourth-order valence-electron chi connectivity index (χ4n) is 4.43. The number of esters is 1. The van der Waals surface area contributed by atoms with Crippen molar-refractivity contribution in [2.24, 2.45) is 5.92 Å². The van der Waals surface area contributed by atoms with Crippen LogP contribution in [-0.2, 0) is 23.9 Å². The average Bonchev–Trinajstić information content (AvgIpc) is 3.22. The van der Waals surface area contributed by atoms with Gasteiger partial charge in [-0.3, -0.25) is 9.59 Å². The van der Waals surface area contributed by atoms with Crippen LogP contribution < -0.4 is 0 Å². The Labute approximate surface area is 192 Å². The van der Waals surface area contributed by atoms with Gasteiger partial charge in [-0.05, 0) is 37.8 Å². The maximum absolute atomic E-state index is 12.4. The van der Waals surface area contributed by atoms with E-state index in [1.807, 2.05) is 13.0 Å². The third-order valence-electron chi connectivity index (χ3n) is 6.45. The molecule has 6 nitrogen and oxygen atoms in total. The highest BCUT2D eigenvalue weighted by atomic mass is 16.6. The Balaban J connectivity index is 1.69. The van der Waals surface area contributed by atoms with E-state index in [2.05, 4.69) is 13.8 Å². The monoisotopic (exact) mass is 448 g/mol. The van der Waals surface area contributed by atoms with Crippen LogP contribution in [0.2, 0.25) is 0 Å². The van der Waals surface area contributed by atoms with Crippen LogP contribution in [0.1, 0.15) is 104 Å². The molecule has 1 saturated heterocycles. The molecule has 0 saturated carbocycles. The van der Waals surface area contributed by atoms with Crippen LogP contribution in [0.3, 0.4) is 0 Å². The molecule has 0 radical (unpaired) electrons. The molecule has 0 spiro atoms. The molecular weight excluding hydrogens is 408 g/mol. The fraction of sp³-hybridized carbons (Fsp3) is 0.731. The summed E-state index contributed by atoms with van der Waals surface area (Å²) in [7, 11) is 0. The second-order valence-corrected chi connectivity index (χ2v) is 9.60. The largest absolute Gasteiger partial charge is 0.482 e. The number of carbonyl (C=O) groups excluding carboxylic acids is 2. The summed E-state index contributed by atoms with van der Waals surface area (Å²) < 4.78 is 10.9. The summed E-state index contributed by atoms with van der Waals surface area (Å²) >= 11 is 0. The fourth-order valence-corrected chi connectivity index (χ4v) is 4.43. The van der Waals surface area contributed by atoms with Crippen LogP contribution >= 0.6 is 0 Å². The molecule has 180 valence electrons. The zero-order valence-electron chi connectivity index (χ0n) is 20.0. The molecular formula is C26H40O6. The predicted molar refractivity (Wildman–Crippen MR) is 123 cm³/mol. The van der Waals surface area contributed by atoms with Gasteiger partial charge in [-0.1, -0.05) is 78.1 Å². The van der Waals surface area contributed by atoms with Crippen molar-refractivity contribution in [3.8, 4) is 0 Å². The summed E-state index contributed by atoms with van der Waals surface area (Å²) in [6.07, 6.45) is 16.6. The van der Waals surface area contributed by atoms with E-state index in [4.69, 9.17) is 14.6 Å². The highest BCUT2D eigenvalue weighted by molar-refractivity contribution is 6.24. The first-order valence-electron chi connectivity index (χ1n) is 12.3. The lowest BCUT2D eigenvalue weighted by molar-refractivity contribution is -0.147. The van der Waals surface area contributed by atoms with E-state index in [1.54, 1.807) is 6.08 Å². The molecule has 2 aliphatic rings. The van der Waals surface area contributed by atoms with Gasteiger partial charge in [0.2, 0.25) is 5.78 Å². The Kier molecular flexibility index (Phi) is 10.5. The lowest BCUT2D eigenvalue weighted by Crippen LogP contribution is -2.23. The SMILES string of the molecule is CCCCCCCCCC[C@H](C)CCC[C@]1(C)C=C/C(=C2/C(=O)O[C@@H](CC(=O)O)C2=O)O1. The summed E-state index contributed by atoms with van der Waals surface area (Å²) in [4.78, 5) is 35.3. The number of Topliss-reactive ketones (excluding diaryl/α,β-unsaturated/α-hetero) is 1. The molecule has 0 aromatic heterocycles. The zero-order valence-corrected chi connectivity index (χ0v) is 20.0. The Morgan fingerprint density at radius 1 is 1.06 bits per heavy atom. The quantitative estimate of drug-likeness (QED) is 0.145. The lowest BCUT2D eigenvalue weighted by Gasteiger charge is -2.24. The van der Waals surface area contributed by atoms with Crippen LogP contribution in [0.15, 0.2) is 23.5 Å². The third-order valence-corrected chi connectivity index (χ3v) is 6.45. The molecule has 0 unspecified atom stereocenters. The first-order valence-corrected chi connectivity index (χ1v) is 12.3. The Morgan fingerprint density at radius 3 is 2.34 bits per heavy atom. The van der Waals surface area contributed by atoms with Gasteiger partial charge in [0.25, 0.3) is 0 Å². The average molecular weight is 449 g/mol. The molecule has 2 aliphatic heterocycles. The lowest BCUT2D eigenvalue weighted by atomic mass is 9.92. The molecule has 1 fully saturated rings. The summed E-state index contributed by atoms with van der Waals surface area (Å²) in [5.74, 6) is -1.73. The van der Waals surface area contributed by atoms with Crippen molar-refractivity contribution >= 4 is 17.7 Å². The van der Waals surface area contributed by atoms with Gasteiger partial charge in [0, 0.05) is 0 Å². The van der Waals surface area contributed by atoms with Gasteiger partial charge in [0.1, 0.15) is 16.9 Å². The molecule has 0 bridgehead atoms. The molecule has 3 atom stereocenters. The highest BCUT2D eigenvalue weighted by Gasteiger charge is 2.44. The number of hydrogen-bond acceptors (Lipinski definition) is 5. The van der Waals surface area contributed by atoms with Crippen molar-refractivity contribution in [2.75, 3.05) is 0 Å². The van der Waals surface area contributed by atoms with Crippen molar-refractivity contribution in [2.45, 2.75) is 116 Å². The maximum Gasteiger partial charge on any atom is 0.346 e. The third kappa shape index (κ3) is 8.10. The van der Waals surface area contributed by atoms with Gasteiger partial charge >= 0.3 is 11.9 Å². The molecule has 0 aliphatic carbocycles. The van der Waals surface area contributed by atoms with E-state index in [0.717, 1.165) is 19.3 Å².